The van der Waals surface area contributed by atoms with Crippen molar-refractivity contribution < 1.29 is 44.1 Å². The lowest BCUT2D eigenvalue weighted by Crippen LogP contribution is -2.55. The van der Waals surface area contributed by atoms with Crippen molar-refractivity contribution in [3.05, 3.63) is 29.8 Å². The molecule has 1 aromatic carbocycles. The van der Waals surface area contributed by atoms with Crippen LogP contribution >= 0.6 is 0 Å². The summed E-state index contributed by atoms with van der Waals surface area (Å²) in [5.74, 6) is -6.20. The molecule has 0 heterocycles. The van der Waals surface area contributed by atoms with E-state index in [9.17, 15) is 39.0 Å². The minimum Gasteiger partial charge on any atom is -0.508 e. The Bertz CT molecular complexity index is 920. The molecular formula is C20H27N5O9. The van der Waals surface area contributed by atoms with Crippen LogP contribution < -0.4 is 27.4 Å². The number of hydrogen-bond donors (Lipinski definition) is 8. The van der Waals surface area contributed by atoms with E-state index in [2.05, 4.69) is 16.0 Å². The van der Waals surface area contributed by atoms with Crippen molar-refractivity contribution in [3.63, 3.8) is 0 Å². The second-order valence-corrected chi connectivity index (χ2v) is 7.32. The molecular weight excluding hydrogens is 454 g/mol. The summed E-state index contributed by atoms with van der Waals surface area (Å²) in [7, 11) is 0. The average molecular weight is 481 g/mol. The van der Waals surface area contributed by atoms with E-state index < -0.39 is 66.7 Å². The number of nitrogens with one attached hydrogen (secondary N) is 3. The van der Waals surface area contributed by atoms with Crippen molar-refractivity contribution in [2.75, 3.05) is 6.54 Å². The molecule has 0 radical (unpaired) electrons. The third kappa shape index (κ3) is 10.4. The molecule has 3 atom stereocenters. The van der Waals surface area contributed by atoms with Gasteiger partial charge in [0.2, 0.25) is 23.6 Å². The van der Waals surface area contributed by atoms with Crippen LogP contribution in [0.4, 0.5) is 0 Å². The van der Waals surface area contributed by atoms with E-state index in [4.69, 9.17) is 16.6 Å². The largest absolute Gasteiger partial charge is 0.508 e. The molecule has 186 valence electrons. The molecule has 0 aliphatic heterocycles. The molecule has 0 spiro atoms. The lowest BCUT2D eigenvalue weighted by Gasteiger charge is -2.21. The van der Waals surface area contributed by atoms with E-state index in [0.717, 1.165) is 0 Å². The topological polar surface area (TPSA) is 251 Å². The van der Waals surface area contributed by atoms with E-state index in [-0.39, 0.29) is 25.0 Å². The highest BCUT2D eigenvalue weighted by Crippen LogP contribution is 2.11. The molecule has 14 nitrogen and oxygen atoms in total. The van der Waals surface area contributed by atoms with Crippen LogP contribution in [0.2, 0.25) is 0 Å². The minimum absolute atomic E-state index is 0.0289. The van der Waals surface area contributed by atoms with Crippen LogP contribution in [0.25, 0.3) is 0 Å². The maximum absolute atomic E-state index is 12.6. The van der Waals surface area contributed by atoms with E-state index in [1.165, 1.54) is 24.3 Å². The SMILES string of the molecule is NC(=O)CC(NC(=O)CNC(=O)C(N)CCC(=O)O)C(=O)NC(Cc1ccc(O)cc1)C(=O)O. The highest BCUT2D eigenvalue weighted by atomic mass is 16.4. The third-order valence-electron chi connectivity index (χ3n) is 4.48. The summed E-state index contributed by atoms with van der Waals surface area (Å²) in [5, 5.41) is 33.9. The van der Waals surface area contributed by atoms with Gasteiger partial charge in [-0.3, -0.25) is 24.0 Å². The standard InChI is InChI=1S/C20H27N5O9/c21-12(5-6-17(29)30)18(31)23-9-16(28)24-13(8-15(22)27)19(32)25-14(20(33)34)7-10-1-3-11(26)4-2-10/h1-4,12-14,26H,5-9,21H2,(H2,22,27)(H,23,31)(H,24,28)(H,25,32)(H,29,30)(H,33,34). The van der Waals surface area contributed by atoms with E-state index in [1.54, 1.807) is 0 Å². The number of nitrogens with two attached hydrogens (primary N) is 2. The fourth-order valence-corrected chi connectivity index (χ4v) is 2.70. The van der Waals surface area contributed by atoms with Crippen LogP contribution in [0.15, 0.2) is 24.3 Å². The second-order valence-electron chi connectivity index (χ2n) is 7.32. The van der Waals surface area contributed by atoms with E-state index in [0.29, 0.717) is 5.56 Å². The lowest BCUT2D eigenvalue weighted by molar-refractivity contribution is -0.142. The van der Waals surface area contributed by atoms with Crippen LogP contribution in [-0.4, -0.2) is 75.6 Å². The van der Waals surface area contributed by atoms with E-state index in [1.807, 2.05) is 0 Å². The molecule has 3 unspecified atom stereocenters. The maximum atomic E-state index is 12.6. The molecule has 1 aromatic rings. The number of aliphatic carboxylic acids is 2. The summed E-state index contributed by atoms with van der Waals surface area (Å²) in [4.78, 5) is 70.0. The summed E-state index contributed by atoms with van der Waals surface area (Å²) >= 11 is 0. The third-order valence-corrected chi connectivity index (χ3v) is 4.48. The molecule has 0 fully saturated rings. The fourth-order valence-electron chi connectivity index (χ4n) is 2.70. The Morgan fingerprint density at radius 2 is 1.53 bits per heavy atom. The number of carboxylic acids is 2. The number of carbonyl (C=O) groups is 6. The average Bonchev–Trinajstić information content (AvgIpc) is 2.75. The normalized spacial score (nSPS) is 13.1. The van der Waals surface area contributed by atoms with Gasteiger partial charge in [-0.2, -0.15) is 0 Å². The molecule has 0 bridgehead atoms. The van der Waals surface area contributed by atoms with Crippen molar-refractivity contribution in [3.8, 4) is 5.75 Å². The number of primary amides is 1. The lowest BCUT2D eigenvalue weighted by atomic mass is 10.0. The van der Waals surface area contributed by atoms with Gasteiger partial charge in [-0.1, -0.05) is 12.1 Å². The van der Waals surface area contributed by atoms with Gasteiger partial charge in [0, 0.05) is 12.8 Å². The minimum atomic E-state index is -1.52. The number of phenols is 1. The molecule has 10 N–H and O–H groups in total. The number of amides is 4. The van der Waals surface area contributed by atoms with Gasteiger partial charge in [0.15, 0.2) is 0 Å². The molecule has 4 amide bonds. The van der Waals surface area contributed by atoms with Gasteiger partial charge < -0.3 is 42.7 Å². The number of rotatable bonds is 14. The zero-order chi connectivity index (χ0) is 25.8. The number of phenolic OH excluding ortho intramolecular Hbond substituents is 1. The quantitative estimate of drug-likeness (QED) is 0.135. The van der Waals surface area contributed by atoms with Crippen LogP contribution in [0.3, 0.4) is 0 Å². The molecule has 0 aliphatic carbocycles. The number of carbonyl (C=O) groups excluding carboxylic acids is 4. The number of hydrogen-bond acceptors (Lipinski definition) is 8. The molecule has 0 saturated carbocycles. The molecule has 0 aromatic heterocycles. The smallest absolute Gasteiger partial charge is 0.326 e. The van der Waals surface area contributed by atoms with Gasteiger partial charge in [-0.05, 0) is 24.1 Å². The van der Waals surface area contributed by atoms with Crippen molar-refractivity contribution >= 4 is 35.6 Å². The van der Waals surface area contributed by atoms with Crippen molar-refractivity contribution in [2.24, 2.45) is 11.5 Å². The van der Waals surface area contributed by atoms with Crippen LogP contribution in [0, 0.1) is 0 Å². The van der Waals surface area contributed by atoms with Gasteiger partial charge in [-0.15, -0.1) is 0 Å². The number of benzene rings is 1. The van der Waals surface area contributed by atoms with Gasteiger partial charge >= 0.3 is 11.9 Å². The van der Waals surface area contributed by atoms with Crippen LogP contribution in [0.1, 0.15) is 24.8 Å². The Labute approximate surface area is 193 Å². The predicted octanol–water partition coefficient (Wildman–Crippen LogP) is -2.83. The second kappa shape index (κ2) is 13.4. The first-order valence-electron chi connectivity index (χ1n) is 10.0. The Balaban J connectivity index is 2.73. The van der Waals surface area contributed by atoms with Gasteiger partial charge in [0.1, 0.15) is 17.8 Å². The summed E-state index contributed by atoms with van der Waals surface area (Å²) in [5.41, 5.74) is 11.1. The zero-order valence-corrected chi connectivity index (χ0v) is 18.0. The molecule has 1 rings (SSSR count). The Morgan fingerprint density at radius 1 is 0.912 bits per heavy atom. The zero-order valence-electron chi connectivity index (χ0n) is 18.0. The first-order valence-corrected chi connectivity index (χ1v) is 10.0. The van der Waals surface area contributed by atoms with Gasteiger partial charge in [-0.25, -0.2) is 4.79 Å². The molecule has 0 aliphatic rings. The van der Waals surface area contributed by atoms with E-state index >= 15 is 0 Å². The van der Waals surface area contributed by atoms with Crippen molar-refractivity contribution in [1.29, 1.82) is 0 Å². The summed E-state index contributed by atoms with van der Waals surface area (Å²) in [6, 6.07) is 1.49. The monoisotopic (exact) mass is 481 g/mol. The predicted molar refractivity (Wildman–Crippen MR) is 115 cm³/mol. The summed E-state index contributed by atoms with van der Waals surface area (Å²) in [6.45, 7) is -0.641. The Morgan fingerprint density at radius 3 is 2.06 bits per heavy atom. The summed E-state index contributed by atoms with van der Waals surface area (Å²) < 4.78 is 0. The Kier molecular flexibility index (Phi) is 10.9. The van der Waals surface area contributed by atoms with Crippen LogP contribution in [0.5, 0.6) is 5.75 Å². The fraction of sp³-hybridized carbons (Fsp3) is 0.400. The van der Waals surface area contributed by atoms with Crippen molar-refractivity contribution in [2.45, 2.75) is 43.8 Å². The molecule has 34 heavy (non-hydrogen) atoms. The maximum Gasteiger partial charge on any atom is 0.326 e. The van der Waals surface area contributed by atoms with Gasteiger partial charge in [0.25, 0.3) is 0 Å². The highest BCUT2D eigenvalue weighted by Gasteiger charge is 2.28. The number of carboxylic acid groups (broad SMARTS) is 2. The Hall–Kier alpha value is -4.20. The first-order chi connectivity index (χ1) is 15.9. The first kappa shape index (κ1) is 27.8. The van der Waals surface area contributed by atoms with Gasteiger partial charge in [0.05, 0.1) is 19.0 Å². The summed E-state index contributed by atoms with van der Waals surface area (Å²) in [6.07, 6.45) is -1.30. The van der Waals surface area contributed by atoms with Crippen LogP contribution in [-0.2, 0) is 35.2 Å². The van der Waals surface area contributed by atoms with Crippen molar-refractivity contribution in [1.82, 2.24) is 16.0 Å². The molecule has 14 heteroatoms. The highest BCUT2D eigenvalue weighted by molar-refractivity contribution is 5.95. The molecule has 0 saturated heterocycles. The number of aromatic hydroxyl groups is 1.